The highest BCUT2D eigenvalue weighted by molar-refractivity contribution is 7.92. The highest BCUT2D eigenvalue weighted by Gasteiger charge is 2.42. The maximum Gasteiger partial charge on any atom is 0.182 e. The van der Waals surface area contributed by atoms with Crippen LogP contribution in [0.15, 0.2) is 95.9 Å². The Morgan fingerprint density at radius 3 is 1.94 bits per heavy atom. The van der Waals surface area contributed by atoms with E-state index in [4.69, 9.17) is 0 Å². The van der Waals surface area contributed by atoms with Crippen LogP contribution in [0.25, 0.3) is 0 Å². The Labute approximate surface area is 204 Å². The predicted molar refractivity (Wildman–Crippen MR) is 137 cm³/mol. The molecule has 34 heavy (non-hydrogen) atoms. The van der Waals surface area contributed by atoms with Gasteiger partial charge in [0.05, 0.1) is 10.1 Å². The summed E-state index contributed by atoms with van der Waals surface area (Å²) in [6.45, 7) is 5.14. The quantitative estimate of drug-likeness (QED) is 0.491. The second-order valence-corrected chi connectivity index (χ2v) is 12.0. The summed E-state index contributed by atoms with van der Waals surface area (Å²) in [5.74, 6) is 0.724. The molecule has 2 atom stereocenters. The first-order valence-corrected chi connectivity index (χ1v) is 14.0. The van der Waals surface area contributed by atoms with E-state index in [9.17, 15) is 8.42 Å². The van der Waals surface area contributed by atoms with E-state index in [2.05, 4.69) is 64.4 Å². The van der Waals surface area contributed by atoms with E-state index in [1.807, 2.05) is 24.3 Å². The Hall–Kier alpha value is -2.47. The molecule has 2 heterocycles. The molecule has 2 aliphatic rings. The second-order valence-electron chi connectivity index (χ2n) is 9.82. The Morgan fingerprint density at radius 2 is 1.29 bits per heavy atom. The van der Waals surface area contributed by atoms with Gasteiger partial charge in [-0.25, -0.2) is 8.42 Å². The van der Waals surface area contributed by atoms with Crippen molar-refractivity contribution in [3.8, 4) is 0 Å². The van der Waals surface area contributed by atoms with Gasteiger partial charge in [-0.05, 0) is 55.1 Å². The van der Waals surface area contributed by atoms with Crippen molar-refractivity contribution in [1.82, 2.24) is 9.80 Å². The lowest BCUT2D eigenvalue weighted by Gasteiger charge is -2.34. The molecule has 2 aliphatic heterocycles. The Balaban J connectivity index is 1.30. The van der Waals surface area contributed by atoms with Crippen molar-refractivity contribution in [2.24, 2.45) is 5.92 Å². The fourth-order valence-corrected chi connectivity index (χ4v) is 7.69. The van der Waals surface area contributed by atoms with Crippen LogP contribution in [-0.4, -0.2) is 56.2 Å². The van der Waals surface area contributed by atoms with Gasteiger partial charge in [0.15, 0.2) is 9.84 Å². The van der Waals surface area contributed by atoms with Crippen molar-refractivity contribution in [2.45, 2.75) is 35.4 Å². The molecule has 0 saturated carbocycles. The zero-order valence-electron chi connectivity index (χ0n) is 19.7. The highest BCUT2D eigenvalue weighted by Crippen LogP contribution is 2.33. The highest BCUT2D eigenvalue weighted by atomic mass is 32.2. The van der Waals surface area contributed by atoms with E-state index in [1.54, 1.807) is 12.1 Å². The van der Waals surface area contributed by atoms with Crippen LogP contribution in [0, 0.1) is 5.92 Å². The van der Waals surface area contributed by atoms with E-state index in [-0.39, 0.29) is 11.2 Å². The first-order chi connectivity index (χ1) is 16.6. The molecule has 178 valence electrons. The fourth-order valence-electron chi connectivity index (χ4n) is 5.72. The number of rotatable bonds is 7. The zero-order valence-corrected chi connectivity index (χ0v) is 20.5. The van der Waals surface area contributed by atoms with Crippen molar-refractivity contribution < 1.29 is 8.42 Å². The lowest BCUT2D eigenvalue weighted by molar-refractivity contribution is 0.181. The molecule has 0 aromatic heterocycles. The Kier molecular flexibility index (Phi) is 7.14. The maximum absolute atomic E-state index is 13.7. The largest absolute Gasteiger partial charge is 0.303 e. The summed E-state index contributed by atoms with van der Waals surface area (Å²) in [6.07, 6.45) is 2.28. The van der Waals surface area contributed by atoms with E-state index in [1.165, 1.54) is 11.1 Å². The average molecular weight is 475 g/mol. The lowest BCUT2D eigenvalue weighted by Crippen LogP contribution is -2.41. The number of piperidine rings is 1. The molecule has 3 aromatic rings. The molecule has 4 nitrogen and oxygen atoms in total. The summed E-state index contributed by atoms with van der Waals surface area (Å²) in [5, 5.41) is -0.370. The molecule has 0 bridgehead atoms. The molecule has 2 saturated heterocycles. The molecule has 2 fully saturated rings. The summed E-state index contributed by atoms with van der Waals surface area (Å²) in [6, 6.07) is 30.2. The molecule has 0 aliphatic carbocycles. The third-order valence-electron chi connectivity index (χ3n) is 7.53. The minimum absolute atomic E-state index is 0.113. The third-order valence-corrected chi connectivity index (χ3v) is 9.79. The molecular weight excluding hydrogens is 440 g/mol. The minimum Gasteiger partial charge on any atom is -0.303 e. The number of hydrogen-bond acceptors (Lipinski definition) is 4. The monoisotopic (exact) mass is 474 g/mol. The summed E-state index contributed by atoms with van der Waals surface area (Å²) in [4.78, 5) is 5.29. The molecule has 0 spiro atoms. The first kappa shape index (κ1) is 23.3. The van der Waals surface area contributed by atoms with Gasteiger partial charge < -0.3 is 4.90 Å². The van der Waals surface area contributed by atoms with Gasteiger partial charge in [0.1, 0.15) is 0 Å². The number of hydrogen-bond donors (Lipinski definition) is 0. The first-order valence-electron chi connectivity index (χ1n) is 12.4. The molecule has 3 aromatic carbocycles. The number of nitrogens with zero attached hydrogens (tertiary/aromatic N) is 2. The normalized spacial score (nSPS) is 22.7. The Morgan fingerprint density at radius 1 is 0.706 bits per heavy atom. The maximum atomic E-state index is 13.7. The van der Waals surface area contributed by atoms with Crippen LogP contribution in [0.5, 0.6) is 0 Å². The van der Waals surface area contributed by atoms with Crippen LogP contribution in [0.1, 0.15) is 29.9 Å². The van der Waals surface area contributed by atoms with Gasteiger partial charge in [-0.1, -0.05) is 78.9 Å². The summed E-state index contributed by atoms with van der Waals surface area (Å²) in [7, 11) is -3.39. The molecular formula is C29H34N2O2S. The van der Waals surface area contributed by atoms with Crippen molar-refractivity contribution in [2.75, 3.05) is 32.7 Å². The number of benzene rings is 3. The van der Waals surface area contributed by atoms with Crippen LogP contribution in [0.2, 0.25) is 0 Å². The second kappa shape index (κ2) is 10.4. The van der Waals surface area contributed by atoms with Crippen LogP contribution in [0.4, 0.5) is 0 Å². The fraction of sp³-hybridized carbons (Fsp3) is 0.379. The topological polar surface area (TPSA) is 40.6 Å². The summed E-state index contributed by atoms with van der Waals surface area (Å²) < 4.78 is 27.4. The van der Waals surface area contributed by atoms with Gasteiger partial charge in [-0.3, -0.25) is 4.90 Å². The van der Waals surface area contributed by atoms with E-state index in [0.717, 1.165) is 45.6 Å². The van der Waals surface area contributed by atoms with Gasteiger partial charge in [-0.2, -0.15) is 0 Å². The molecule has 0 radical (unpaired) electrons. The molecule has 0 N–H and O–H groups in total. The van der Waals surface area contributed by atoms with Gasteiger partial charge in [-0.15, -0.1) is 0 Å². The van der Waals surface area contributed by atoms with Crippen LogP contribution in [0.3, 0.4) is 0 Å². The van der Waals surface area contributed by atoms with Crippen molar-refractivity contribution in [1.29, 1.82) is 0 Å². The minimum atomic E-state index is -3.39. The van der Waals surface area contributed by atoms with Gasteiger partial charge in [0, 0.05) is 32.1 Å². The molecule has 0 amide bonds. The van der Waals surface area contributed by atoms with Crippen LogP contribution >= 0.6 is 0 Å². The molecule has 5 heteroatoms. The standard InChI is InChI=1S/C29H34N2O2S/c32-34(33,28-14-8-3-9-15-28)29-23-31(20-24-10-4-1-5-11-24)22-27(29)21-30-18-16-26(17-19-30)25-12-6-2-7-13-25/h1-15,26-27,29H,16-23H2. The number of likely N-dealkylation sites (tertiary alicyclic amines) is 2. The van der Waals surface area contributed by atoms with Crippen LogP contribution < -0.4 is 0 Å². The van der Waals surface area contributed by atoms with Crippen molar-refractivity contribution >= 4 is 9.84 Å². The summed E-state index contributed by atoms with van der Waals surface area (Å²) in [5.41, 5.74) is 2.67. The number of sulfone groups is 1. The van der Waals surface area contributed by atoms with E-state index < -0.39 is 9.84 Å². The summed E-state index contributed by atoms with van der Waals surface area (Å²) >= 11 is 0. The van der Waals surface area contributed by atoms with E-state index >= 15 is 0 Å². The van der Waals surface area contributed by atoms with E-state index in [0.29, 0.717) is 17.4 Å². The van der Waals surface area contributed by atoms with Crippen molar-refractivity contribution in [3.63, 3.8) is 0 Å². The SMILES string of the molecule is O=S(=O)(c1ccccc1)C1CN(Cc2ccccc2)CC1CN1CCC(c2ccccc2)CC1. The zero-order chi connectivity index (χ0) is 23.4. The molecule has 5 rings (SSSR count). The van der Waals surface area contributed by atoms with Crippen LogP contribution in [-0.2, 0) is 16.4 Å². The molecule has 2 unspecified atom stereocenters. The third kappa shape index (κ3) is 5.27. The predicted octanol–water partition coefficient (Wildman–Crippen LogP) is 4.84. The lowest BCUT2D eigenvalue weighted by atomic mass is 9.89. The average Bonchev–Trinajstić information content (AvgIpc) is 3.29. The smallest absolute Gasteiger partial charge is 0.182 e. The van der Waals surface area contributed by atoms with Crippen molar-refractivity contribution in [3.05, 3.63) is 102 Å². The van der Waals surface area contributed by atoms with Gasteiger partial charge >= 0.3 is 0 Å². The van der Waals surface area contributed by atoms with Gasteiger partial charge in [0.2, 0.25) is 0 Å². The Bertz CT molecular complexity index is 1140. The van der Waals surface area contributed by atoms with Gasteiger partial charge in [0.25, 0.3) is 0 Å².